The molecule has 4 fully saturated rings. The van der Waals surface area contributed by atoms with E-state index in [1.165, 1.54) is 44.9 Å². The van der Waals surface area contributed by atoms with Crippen LogP contribution in [0.15, 0.2) is 0 Å². The number of ketones is 1. The Hall–Kier alpha value is -0.370. The lowest BCUT2D eigenvalue weighted by atomic mass is 9.44. The molecule has 0 amide bonds. The van der Waals surface area contributed by atoms with Crippen molar-refractivity contribution in [3.63, 3.8) is 0 Å². The lowest BCUT2D eigenvalue weighted by Crippen LogP contribution is -2.54. The quantitative estimate of drug-likeness (QED) is 0.774. The molecule has 4 aliphatic rings. The van der Waals surface area contributed by atoms with E-state index in [4.69, 9.17) is 0 Å². The number of fused-ring (bicyclic) bond motifs is 5. The highest BCUT2D eigenvalue weighted by Gasteiger charge is 2.59. The molecule has 4 rings (SSSR count). The van der Waals surface area contributed by atoms with Crippen LogP contribution < -0.4 is 0 Å². The molecule has 1 N–H and O–H groups in total. The van der Waals surface area contributed by atoms with E-state index in [1.54, 1.807) is 6.92 Å². The standard InChI is InChI=1S/C22H36O2/c1-14(23)12-15-5-7-19-18-6-4-16-13-17(24)8-10-21(16,2)20(18)9-11-22(15,19)3/h15-20,24H,4-13H2,1-3H3/t15-,16+,17+,18+,19+,20+,21+,22-/m1/s1. The van der Waals surface area contributed by atoms with Gasteiger partial charge in [0.05, 0.1) is 6.10 Å². The fraction of sp³-hybridized carbons (Fsp3) is 0.955. The summed E-state index contributed by atoms with van der Waals surface area (Å²) in [6, 6.07) is 0. The van der Waals surface area contributed by atoms with Crippen molar-refractivity contribution in [1.82, 2.24) is 0 Å². The Kier molecular flexibility index (Phi) is 4.14. The number of Topliss-reactive ketones (excluding diaryl/α,β-unsaturated/α-hetero) is 1. The molecule has 0 spiro atoms. The summed E-state index contributed by atoms with van der Waals surface area (Å²) >= 11 is 0. The summed E-state index contributed by atoms with van der Waals surface area (Å²) in [6.07, 6.45) is 12.1. The molecule has 0 saturated heterocycles. The van der Waals surface area contributed by atoms with Crippen LogP contribution in [0.25, 0.3) is 0 Å². The maximum absolute atomic E-state index is 11.7. The first-order valence-corrected chi connectivity index (χ1v) is 10.5. The number of carbonyl (C=O) groups excluding carboxylic acids is 1. The molecule has 0 aromatic carbocycles. The average Bonchev–Trinajstić information content (AvgIpc) is 2.84. The first-order valence-electron chi connectivity index (χ1n) is 10.5. The van der Waals surface area contributed by atoms with Gasteiger partial charge >= 0.3 is 0 Å². The summed E-state index contributed by atoms with van der Waals surface area (Å²) in [6.45, 7) is 6.86. The number of hydrogen-bond donors (Lipinski definition) is 1. The van der Waals surface area contributed by atoms with Crippen molar-refractivity contribution in [2.45, 2.75) is 91.1 Å². The Bertz CT molecular complexity index is 514. The van der Waals surface area contributed by atoms with Gasteiger partial charge in [-0.1, -0.05) is 13.8 Å². The Morgan fingerprint density at radius 1 is 0.958 bits per heavy atom. The largest absolute Gasteiger partial charge is 0.393 e. The van der Waals surface area contributed by atoms with Crippen LogP contribution >= 0.6 is 0 Å². The van der Waals surface area contributed by atoms with E-state index < -0.39 is 0 Å². The zero-order valence-electron chi connectivity index (χ0n) is 15.9. The number of carbonyl (C=O) groups is 1. The highest BCUT2D eigenvalue weighted by atomic mass is 16.3. The molecule has 2 nitrogen and oxygen atoms in total. The molecule has 0 radical (unpaired) electrons. The molecule has 4 saturated carbocycles. The number of hydrogen-bond acceptors (Lipinski definition) is 2. The number of aliphatic hydroxyl groups is 1. The first kappa shape index (κ1) is 17.1. The van der Waals surface area contributed by atoms with Gasteiger partial charge in [-0.2, -0.15) is 0 Å². The van der Waals surface area contributed by atoms with Crippen LogP contribution in [-0.2, 0) is 4.79 Å². The molecule has 0 aromatic heterocycles. The van der Waals surface area contributed by atoms with Crippen LogP contribution in [0.4, 0.5) is 0 Å². The van der Waals surface area contributed by atoms with E-state index in [0.717, 1.165) is 42.9 Å². The zero-order chi connectivity index (χ0) is 17.1. The van der Waals surface area contributed by atoms with Gasteiger partial charge in [-0.05, 0) is 105 Å². The van der Waals surface area contributed by atoms with E-state index in [9.17, 15) is 9.90 Å². The highest BCUT2D eigenvalue weighted by Crippen LogP contribution is 2.67. The second-order valence-corrected chi connectivity index (χ2v) is 10.3. The minimum absolute atomic E-state index is 0.0418. The van der Waals surface area contributed by atoms with Gasteiger partial charge in [-0.15, -0.1) is 0 Å². The summed E-state index contributed by atoms with van der Waals surface area (Å²) in [5, 5.41) is 10.1. The Morgan fingerprint density at radius 2 is 1.67 bits per heavy atom. The van der Waals surface area contributed by atoms with E-state index in [1.807, 2.05) is 0 Å². The molecule has 0 unspecified atom stereocenters. The van der Waals surface area contributed by atoms with Crippen molar-refractivity contribution >= 4 is 5.78 Å². The topological polar surface area (TPSA) is 37.3 Å². The van der Waals surface area contributed by atoms with Gasteiger partial charge in [0.25, 0.3) is 0 Å². The van der Waals surface area contributed by atoms with E-state index >= 15 is 0 Å². The van der Waals surface area contributed by atoms with Crippen LogP contribution in [0, 0.1) is 40.4 Å². The summed E-state index contributed by atoms with van der Waals surface area (Å²) in [7, 11) is 0. The van der Waals surface area contributed by atoms with Crippen LogP contribution in [0.3, 0.4) is 0 Å². The molecule has 0 heterocycles. The minimum atomic E-state index is -0.0418. The van der Waals surface area contributed by atoms with Gasteiger partial charge in [-0.3, -0.25) is 0 Å². The third-order valence-corrected chi connectivity index (χ3v) is 9.37. The second kappa shape index (κ2) is 5.83. The molecule has 2 heteroatoms. The van der Waals surface area contributed by atoms with E-state index in [2.05, 4.69) is 13.8 Å². The molecular formula is C22H36O2. The van der Waals surface area contributed by atoms with Crippen molar-refractivity contribution in [2.24, 2.45) is 40.4 Å². The second-order valence-electron chi connectivity index (χ2n) is 10.3. The zero-order valence-corrected chi connectivity index (χ0v) is 15.9. The third-order valence-electron chi connectivity index (χ3n) is 9.37. The highest BCUT2D eigenvalue weighted by molar-refractivity contribution is 5.75. The predicted molar refractivity (Wildman–Crippen MR) is 96.5 cm³/mol. The van der Waals surface area contributed by atoms with Gasteiger partial charge in [0, 0.05) is 6.42 Å². The van der Waals surface area contributed by atoms with Crippen molar-refractivity contribution in [3.05, 3.63) is 0 Å². The summed E-state index contributed by atoms with van der Waals surface area (Å²) in [5.41, 5.74) is 0.895. The van der Waals surface area contributed by atoms with E-state index in [-0.39, 0.29) is 6.10 Å². The van der Waals surface area contributed by atoms with Crippen molar-refractivity contribution in [2.75, 3.05) is 0 Å². The Labute approximate surface area is 147 Å². The normalized spacial score (nSPS) is 53.8. The smallest absolute Gasteiger partial charge is 0.130 e. The SMILES string of the molecule is CC(=O)C[C@H]1CC[C@H]2[C@@H]3CC[C@H]4C[C@@H](O)CC[C@]4(C)[C@H]3CC[C@]12C. The Morgan fingerprint density at radius 3 is 2.42 bits per heavy atom. The van der Waals surface area contributed by atoms with Crippen molar-refractivity contribution in [3.8, 4) is 0 Å². The summed E-state index contributed by atoms with van der Waals surface area (Å²) < 4.78 is 0. The number of aliphatic hydroxyl groups excluding tert-OH is 1. The molecule has 136 valence electrons. The van der Waals surface area contributed by atoms with Gasteiger partial charge in [0.1, 0.15) is 5.78 Å². The molecular weight excluding hydrogens is 296 g/mol. The molecule has 0 aliphatic heterocycles. The number of rotatable bonds is 2. The summed E-state index contributed by atoms with van der Waals surface area (Å²) in [4.78, 5) is 11.7. The average molecular weight is 333 g/mol. The first-order chi connectivity index (χ1) is 11.3. The molecule has 4 aliphatic carbocycles. The monoisotopic (exact) mass is 332 g/mol. The van der Waals surface area contributed by atoms with Crippen LogP contribution in [-0.4, -0.2) is 17.0 Å². The third kappa shape index (κ3) is 2.42. The summed E-state index contributed by atoms with van der Waals surface area (Å²) in [5.74, 6) is 4.39. The molecule has 24 heavy (non-hydrogen) atoms. The van der Waals surface area contributed by atoms with Crippen LogP contribution in [0.5, 0.6) is 0 Å². The fourth-order valence-corrected chi connectivity index (χ4v) is 8.03. The fourth-order valence-electron chi connectivity index (χ4n) is 8.03. The predicted octanol–water partition coefficient (Wildman–Crippen LogP) is 4.99. The van der Waals surface area contributed by atoms with Crippen molar-refractivity contribution in [1.29, 1.82) is 0 Å². The van der Waals surface area contributed by atoms with Gasteiger partial charge < -0.3 is 9.90 Å². The van der Waals surface area contributed by atoms with E-state index in [0.29, 0.717) is 22.5 Å². The molecule has 8 atom stereocenters. The van der Waals surface area contributed by atoms with Crippen LogP contribution in [0.2, 0.25) is 0 Å². The van der Waals surface area contributed by atoms with Gasteiger partial charge in [0.15, 0.2) is 0 Å². The maximum Gasteiger partial charge on any atom is 0.130 e. The van der Waals surface area contributed by atoms with Crippen molar-refractivity contribution < 1.29 is 9.90 Å². The molecule has 0 bridgehead atoms. The van der Waals surface area contributed by atoms with Gasteiger partial charge in [0.2, 0.25) is 0 Å². The Balaban J connectivity index is 1.57. The lowest BCUT2D eigenvalue weighted by Gasteiger charge is -2.61. The lowest BCUT2D eigenvalue weighted by molar-refractivity contribution is -0.130. The van der Waals surface area contributed by atoms with Gasteiger partial charge in [-0.25, -0.2) is 0 Å². The maximum atomic E-state index is 11.7. The molecule has 0 aromatic rings. The minimum Gasteiger partial charge on any atom is -0.393 e. The van der Waals surface area contributed by atoms with Crippen LogP contribution in [0.1, 0.15) is 85.0 Å².